The highest BCUT2D eigenvalue weighted by molar-refractivity contribution is 5.91. The van der Waals surface area contributed by atoms with E-state index in [4.69, 9.17) is 4.74 Å². The van der Waals surface area contributed by atoms with Crippen molar-refractivity contribution in [3.8, 4) is 0 Å². The number of cyclic esters (lactones) is 1. The summed E-state index contributed by atoms with van der Waals surface area (Å²) < 4.78 is 5.50. The number of esters is 1. The SMILES string of the molecule is CC1CC2=CC(=O)CCC2(C)[C@H]2CCC3(C)C(CC[C@@]34CCOC4=O)C12. The molecule has 1 aliphatic heterocycles. The Morgan fingerprint density at radius 1 is 1.04 bits per heavy atom. The molecule has 0 radical (unpaired) electrons. The number of allylic oxidation sites excluding steroid dienone is 1. The van der Waals surface area contributed by atoms with E-state index in [0.29, 0.717) is 36.1 Å². The molecule has 5 aliphatic rings. The van der Waals surface area contributed by atoms with Crippen LogP contribution in [0.4, 0.5) is 0 Å². The van der Waals surface area contributed by atoms with Crippen molar-refractivity contribution in [2.45, 2.75) is 72.1 Å². The Labute approximate surface area is 156 Å². The second-order valence-corrected chi connectivity index (χ2v) is 10.5. The fourth-order valence-corrected chi connectivity index (χ4v) is 8.34. The molecule has 0 aromatic rings. The van der Waals surface area contributed by atoms with Crippen LogP contribution in [0.15, 0.2) is 11.6 Å². The number of ether oxygens (including phenoxy) is 1. The summed E-state index contributed by atoms with van der Waals surface area (Å²) in [4.78, 5) is 24.8. The van der Waals surface area contributed by atoms with E-state index in [2.05, 4.69) is 20.8 Å². The lowest BCUT2D eigenvalue weighted by Crippen LogP contribution is -2.55. The second-order valence-electron chi connectivity index (χ2n) is 10.5. The van der Waals surface area contributed by atoms with Gasteiger partial charge in [-0.05, 0) is 85.5 Å². The van der Waals surface area contributed by atoms with E-state index in [1.165, 1.54) is 18.4 Å². The Morgan fingerprint density at radius 3 is 2.54 bits per heavy atom. The largest absolute Gasteiger partial charge is 0.465 e. The van der Waals surface area contributed by atoms with E-state index < -0.39 is 0 Å². The van der Waals surface area contributed by atoms with Gasteiger partial charge in [0, 0.05) is 6.42 Å². The van der Waals surface area contributed by atoms with Crippen molar-refractivity contribution in [3.05, 3.63) is 11.6 Å². The second kappa shape index (κ2) is 5.23. The summed E-state index contributed by atoms with van der Waals surface area (Å²) in [5.41, 5.74) is 1.54. The summed E-state index contributed by atoms with van der Waals surface area (Å²) in [5.74, 6) is 3.05. The molecule has 1 heterocycles. The molecule has 0 bridgehead atoms. The lowest BCUT2D eigenvalue weighted by Gasteiger charge is -2.61. The fourth-order valence-electron chi connectivity index (χ4n) is 8.34. The Morgan fingerprint density at radius 2 is 1.81 bits per heavy atom. The van der Waals surface area contributed by atoms with Gasteiger partial charge in [0.1, 0.15) is 0 Å². The summed E-state index contributed by atoms with van der Waals surface area (Å²) in [5, 5.41) is 0. The maximum atomic E-state index is 12.8. The molecule has 0 amide bonds. The number of hydrogen-bond donors (Lipinski definition) is 0. The molecule has 7 atom stereocenters. The van der Waals surface area contributed by atoms with Crippen molar-refractivity contribution in [3.63, 3.8) is 0 Å². The standard InChI is InChI=1S/C23H32O3/c1-14-12-15-13-16(24)4-7-21(15,2)17-5-8-22(3)18(19(14)17)6-9-23(22)10-11-26-20(23)25/h13-14,17-19H,4-12H2,1-3H3/t14?,17-,18?,19?,21?,22?,23-/m0/s1. The number of ketones is 1. The van der Waals surface area contributed by atoms with Crippen LogP contribution >= 0.6 is 0 Å². The molecule has 4 fully saturated rings. The maximum absolute atomic E-state index is 12.8. The molecular formula is C23H32O3. The minimum Gasteiger partial charge on any atom is -0.465 e. The molecule has 0 aromatic carbocycles. The summed E-state index contributed by atoms with van der Waals surface area (Å²) in [6.07, 6.45) is 10.3. The van der Waals surface area contributed by atoms with Crippen molar-refractivity contribution in [1.82, 2.24) is 0 Å². The molecule has 0 aromatic heterocycles. The monoisotopic (exact) mass is 356 g/mol. The summed E-state index contributed by atoms with van der Waals surface area (Å²) in [7, 11) is 0. The first-order valence-electron chi connectivity index (χ1n) is 10.7. The molecule has 3 heteroatoms. The molecule has 4 aliphatic carbocycles. The molecule has 5 rings (SSSR count). The topological polar surface area (TPSA) is 43.4 Å². The van der Waals surface area contributed by atoms with Crippen molar-refractivity contribution in [2.24, 2.45) is 39.9 Å². The lowest BCUT2D eigenvalue weighted by atomic mass is 9.43. The predicted octanol–water partition coefficient (Wildman–Crippen LogP) is 4.70. The summed E-state index contributed by atoms with van der Waals surface area (Å²) >= 11 is 0. The van der Waals surface area contributed by atoms with E-state index in [9.17, 15) is 9.59 Å². The van der Waals surface area contributed by atoms with Gasteiger partial charge < -0.3 is 4.74 Å². The maximum Gasteiger partial charge on any atom is 0.312 e. The van der Waals surface area contributed by atoms with Gasteiger partial charge in [-0.1, -0.05) is 26.3 Å². The molecule has 1 spiro atoms. The van der Waals surface area contributed by atoms with Gasteiger partial charge in [0.05, 0.1) is 12.0 Å². The van der Waals surface area contributed by atoms with E-state index >= 15 is 0 Å². The van der Waals surface area contributed by atoms with Gasteiger partial charge in [0.25, 0.3) is 0 Å². The van der Waals surface area contributed by atoms with Crippen LogP contribution < -0.4 is 0 Å². The van der Waals surface area contributed by atoms with Gasteiger partial charge in [-0.15, -0.1) is 0 Å². The average molecular weight is 357 g/mol. The zero-order valence-electron chi connectivity index (χ0n) is 16.5. The zero-order chi connectivity index (χ0) is 18.3. The van der Waals surface area contributed by atoms with Gasteiger partial charge in [0.15, 0.2) is 5.78 Å². The number of carbonyl (C=O) groups excluding carboxylic acids is 2. The van der Waals surface area contributed by atoms with E-state index in [0.717, 1.165) is 38.5 Å². The first-order chi connectivity index (χ1) is 12.3. The Bertz CT molecular complexity index is 708. The summed E-state index contributed by atoms with van der Waals surface area (Å²) in [6, 6.07) is 0. The van der Waals surface area contributed by atoms with Crippen LogP contribution in [0.25, 0.3) is 0 Å². The number of fused-ring (bicyclic) bond motifs is 6. The van der Waals surface area contributed by atoms with Gasteiger partial charge in [-0.2, -0.15) is 0 Å². The minimum absolute atomic E-state index is 0.0967. The minimum atomic E-state index is -0.206. The third-order valence-electron chi connectivity index (χ3n) is 9.83. The third-order valence-corrected chi connectivity index (χ3v) is 9.83. The highest BCUT2D eigenvalue weighted by Crippen LogP contribution is 2.72. The number of carbonyl (C=O) groups is 2. The van der Waals surface area contributed by atoms with Gasteiger partial charge in [-0.25, -0.2) is 0 Å². The lowest BCUT2D eigenvalue weighted by molar-refractivity contribution is -0.158. The van der Waals surface area contributed by atoms with Crippen LogP contribution in [0.5, 0.6) is 0 Å². The Balaban J connectivity index is 1.55. The van der Waals surface area contributed by atoms with Crippen LogP contribution in [0.3, 0.4) is 0 Å². The average Bonchev–Trinajstić information content (AvgIpc) is 3.12. The highest BCUT2D eigenvalue weighted by atomic mass is 16.5. The van der Waals surface area contributed by atoms with Crippen molar-refractivity contribution in [2.75, 3.05) is 6.61 Å². The molecule has 142 valence electrons. The van der Waals surface area contributed by atoms with Crippen molar-refractivity contribution < 1.29 is 14.3 Å². The molecule has 26 heavy (non-hydrogen) atoms. The number of rotatable bonds is 0. The molecule has 3 nitrogen and oxygen atoms in total. The first-order valence-corrected chi connectivity index (χ1v) is 10.7. The highest BCUT2D eigenvalue weighted by Gasteiger charge is 2.69. The number of hydrogen-bond acceptors (Lipinski definition) is 3. The van der Waals surface area contributed by atoms with Gasteiger partial charge in [0.2, 0.25) is 0 Å². The van der Waals surface area contributed by atoms with E-state index in [-0.39, 0.29) is 22.2 Å². The van der Waals surface area contributed by atoms with E-state index in [1.807, 2.05) is 6.08 Å². The van der Waals surface area contributed by atoms with E-state index in [1.54, 1.807) is 0 Å². The quantitative estimate of drug-likeness (QED) is 0.591. The van der Waals surface area contributed by atoms with Crippen molar-refractivity contribution in [1.29, 1.82) is 0 Å². The van der Waals surface area contributed by atoms with Crippen LogP contribution in [-0.4, -0.2) is 18.4 Å². The van der Waals surface area contributed by atoms with Gasteiger partial charge >= 0.3 is 5.97 Å². The normalized spacial score (nSPS) is 53.0. The Hall–Kier alpha value is -1.12. The molecule has 3 saturated carbocycles. The molecule has 5 unspecified atom stereocenters. The van der Waals surface area contributed by atoms with Crippen LogP contribution in [0.1, 0.15) is 72.1 Å². The smallest absolute Gasteiger partial charge is 0.312 e. The first kappa shape index (κ1) is 17.0. The van der Waals surface area contributed by atoms with Crippen molar-refractivity contribution >= 4 is 11.8 Å². The van der Waals surface area contributed by atoms with Crippen LogP contribution in [0.2, 0.25) is 0 Å². The molecule has 1 saturated heterocycles. The third kappa shape index (κ3) is 1.85. The van der Waals surface area contributed by atoms with Gasteiger partial charge in [-0.3, -0.25) is 9.59 Å². The molecule has 0 N–H and O–H groups in total. The zero-order valence-corrected chi connectivity index (χ0v) is 16.5. The molecular weight excluding hydrogens is 324 g/mol. The van der Waals surface area contributed by atoms with Crippen LogP contribution in [0, 0.1) is 39.9 Å². The fraction of sp³-hybridized carbons (Fsp3) is 0.826. The Kier molecular flexibility index (Phi) is 3.42. The predicted molar refractivity (Wildman–Crippen MR) is 99.3 cm³/mol. The summed E-state index contributed by atoms with van der Waals surface area (Å²) in [6.45, 7) is 7.88. The van der Waals surface area contributed by atoms with Crippen LogP contribution in [-0.2, 0) is 14.3 Å².